The van der Waals surface area contributed by atoms with Crippen LogP contribution in [-0.4, -0.2) is 47.7 Å². The lowest BCUT2D eigenvalue weighted by Gasteiger charge is -2.30. The molecule has 0 spiro atoms. The van der Waals surface area contributed by atoms with Gasteiger partial charge in [-0.05, 0) is 63.4 Å². The fourth-order valence-corrected chi connectivity index (χ4v) is 4.96. The Labute approximate surface area is 158 Å². The summed E-state index contributed by atoms with van der Waals surface area (Å²) in [6, 6.07) is 8.10. The highest BCUT2D eigenvalue weighted by Crippen LogP contribution is 2.29. The molecule has 3 rings (SSSR count). The number of likely N-dealkylation sites (tertiary alicyclic amines) is 1. The number of thiazole rings is 1. The van der Waals surface area contributed by atoms with Gasteiger partial charge in [0.1, 0.15) is 0 Å². The van der Waals surface area contributed by atoms with Gasteiger partial charge in [-0.3, -0.25) is 4.79 Å². The van der Waals surface area contributed by atoms with E-state index in [4.69, 9.17) is 0 Å². The molecule has 6 heteroatoms. The number of carbonyl (C=O) groups is 1. The Morgan fingerprint density at radius 1 is 1.32 bits per heavy atom. The largest absolute Gasteiger partial charge is 0.355 e. The third-order valence-corrected chi connectivity index (χ3v) is 6.88. The van der Waals surface area contributed by atoms with Gasteiger partial charge in [0.05, 0.1) is 16.0 Å². The Morgan fingerprint density at radius 3 is 2.92 bits per heavy atom. The first-order chi connectivity index (χ1) is 12.2. The van der Waals surface area contributed by atoms with Crippen molar-refractivity contribution in [3.8, 4) is 0 Å². The van der Waals surface area contributed by atoms with Crippen molar-refractivity contribution in [1.29, 1.82) is 0 Å². The Morgan fingerprint density at radius 2 is 2.12 bits per heavy atom. The number of fused-ring (bicyclic) bond motifs is 1. The summed E-state index contributed by atoms with van der Waals surface area (Å²) in [6.45, 7) is 6.78. The van der Waals surface area contributed by atoms with Crippen LogP contribution < -0.4 is 5.32 Å². The molecule has 0 atom stereocenters. The summed E-state index contributed by atoms with van der Waals surface area (Å²) in [7, 11) is 0. The number of unbranched alkanes of at least 4 members (excludes halogenated alkanes) is 1. The molecule has 1 N–H and O–H groups in total. The van der Waals surface area contributed by atoms with E-state index in [2.05, 4.69) is 28.2 Å². The molecule has 1 aromatic heterocycles. The standard InChI is InChI=1S/C19H27N3OS2/c1-15-8-12-22(13-9-15)11-5-4-10-20-18(23)14-24-19-21-16-6-2-3-7-17(16)25-19/h2-3,6-7,15H,4-5,8-14H2,1H3,(H,20,23). The zero-order chi connectivity index (χ0) is 17.5. The van der Waals surface area contributed by atoms with E-state index >= 15 is 0 Å². The molecule has 0 unspecified atom stereocenters. The van der Waals surface area contributed by atoms with Crippen molar-refractivity contribution in [2.45, 2.75) is 36.9 Å². The quantitative estimate of drug-likeness (QED) is 0.557. The smallest absolute Gasteiger partial charge is 0.230 e. The minimum atomic E-state index is 0.107. The van der Waals surface area contributed by atoms with E-state index in [0.717, 1.165) is 28.7 Å². The normalized spacial score (nSPS) is 16.4. The number of benzene rings is 1. The van der Waals surface area contributed by atoms with Crippen LogP contribution in [0.2, 0.25) is 0 Å². The molecule has 0 saturated carbocycles. The molecule has 1 amide bonds. The maximum absolute atomic E-state index is 12.0. The highest BCUT2D eigenvalue weighted by Gasteiger charge is 2.14. The molecule has 4 nitrogen and oxygen atoms in total. The van der Waals surface area contributed by atoms with Crippen LogP contribution in [0.3, 0.4) is 0 Å². The fourth-order valence-electron chi connectivity index (χ4n) is 3.07. The molecule has 2 heterocycles. The number of para-hydroxylation sites is 1. The molecule has 1 fully saturated rings. The van der Waals surface area contributed by atoms with Gasteiger partial charge < -0.3 is 10.2 Å². The minimum Gasteiger partial charge on any atom is -0.355 e. The van der Waals surface area contributed by atoms with Crippen LogP contribution in [0.5, 0.6) is 0 Å². The van der Waals surface area contributed by atoms with Crippen molar-refractivity contribution in [3.05, 3.63) is 24.3 Å². The van der Waals surface area contributed by atoms with Crippen molar-refractivity contribution in [3.63, 3.8) is 0 Å². The van der Waals surface area contributed by atoms with Crippen molar-refractivity contribution in [2.24, 2.45) is 5.92 Å². The van der Waals surface area contributed by atoms with Gasteiger partial charge in [-0.25, -0.2) is 4.98 Å². The van der Waals surface area contributed by atoms with E-state index < -0.39 is 0 Å². The van der Waals surface area contributed by atoms with E-state index in [0.29, 0.717) is 5.75 Å². The number of amides is 1. The van der Waals surface area contributed by atoms with Crippen LogP contribution in [0.1, 0.15) is 32.6 Å². The molecule has 0 aliphatic carbocycles. The Balaban J connectivity index is 1.27. The molecule has 0 radical (unpaired) electrons. The van der Waals surface area contributed by atoms with Gasteiger partial charge in [-0.1, -0.05) is 30.8 Å². The molecule has 136 valence electrons. The average Bonchev–Trinajstić information content (AvgIpc) is 3.04. The van der Waals surface area contributed by atoms with Gasteiger partial charge in [-0.15, -0.1) is 11.3 Å². The maximum atomic E-state index is 12.0. The Kier molecular flexibility index (Phi) is 7.13. The van der Waals surface area contributed by atoms with E-state index in [1.807, 2.05) is 18.2 Å². The number of nitrogens with zero attached hydrogens (tertiary/aromatic N) is 2. The van der Waals surface area contributed by atoms with Gasteiger partial charge in [0.2, 0.25) is 5.91 Å². The second kappa shape index (κ2) is 9.55. The van der Waals surface area contributed by atoms with Crippen LogP contribution in [0.4, 0.5) is 0 Å². The number of hydrogen-bond acceptors (Lipinski definition) is 5. The third-order valence-electron chi connectivity index (χ3n) is 4.70. The van der Waals surface area contributed by atoms with Gasteiger partial charge in [-0.2, -0.15) is 0 Å². The van der Waals surface area contributed by atoms with Gasteiger partial charge in [0, 0.05) is 6.54 Å². The zero-order valence-corrected chi connectivity index (χ0v) is 16.5. The summed E-state index contributed by atoms with van der Waals surface area (Å²) in [5.41, 5.74) is 1.02. The summed E-state index contributed by atoms with van der Waals surface area (Å²) < 4.78 is 2.15. The second-order valence-corrected chi connectivity index (χ2v) is 9.07. The molecular weight excluding hydrogens is 350 g/mol. The number of thioether (sulfide) groups is 1. The molecule has 1 saturated heterocycles. The molecule has 1 aliphatic rings. The first-order valence-corrected chi connectivity index (χ1v) is 11.0. The molecule has 1 aromatic carbocycles. The molecule has 2 aromatic rings. The number of hydrogen-bond donors (Lipinski definition) is 1. The minimum absolute atomic E-state index is 0.107. The monoisotopic (exact) mass is 377 g/mol. The first-order valence-electron chi connectivity index (χ1n) is 9.18. The lowest BCUT2D eigenvalue weighted by Crippen LogP contribution is -2.34. The van der Waals surface area contributed by atoms with E-state index in [1.165, 1.54) is 55.4 Å². The summed E-state index contributed by atoms with van der Waals surface area (Å²) >= 11 is 3.18. The Bertz CT molecular complexity index is 647. The molecular formula is C19H27N3OS2. The van der Waals surface area contributed by atoms with Crippen molar-refractivity contribution >= 4 is 39.2 Å². The van der Waals surface area contributed by atoms with Crippen molar-refractivity contribution < 1.29 is 4.79 Å². The highest BCUT2D eigenvalue weighted by atomic mass is 32.2. The first kappa shape index (κ1) is 18.7. The summed E-state index contributed by atoms with van der Waals surface area (Å²) in [5.74, 6) is 1.45. The van der Waals surface area contributed by atoms with Crippen LogP contribution >= 0.6 is 23.1 Å². The molecule has 25 heavy (non-hydrogen) atoms. The third kappa shape index (κ3) is 5.97. The van der Waals surface area contributed by atoms with Crippen LogP contribution in [0.25, 0.3) is 10.2 Å². The lowest BCUT2D eigenvalue weighted by molar-refractivity contribution is -0.118. The van der Waals surface area contributed by atoms with Crippen molar-refractivity contribution in [2.75, 3.05) is 31.9 Å². The summed E-state index contributed by atoms with van der Waals surface area (Å²) in [6.07, 6.45) is 4.89. The van der Waals surface area contributed by atoms with Crippen LogP contribution in [0.15, 0.2) is 28.6 Å². The Hall–Kier alpha value is -1.11. The van der Waals surface area contributed by atoms with E-state index in [1.54, 1.807) is 11.3 Å². The number of piperidine rings is 1. The van der Waals surface area contributed by atoms with Gasteiger partial charge >= 0.3 is 0 Å². The lowest BCUT2D eigenvalue weighted by atomic mass is 9.99. The predicted molar refractivity (Wildman–Crippen MR) is 107 cm³/mol. The average molecular weight is 378 g/mol. The molecule has 0 bridgehead atoms. The number of nitrogens with one attached hydrogen (secondary N) is 1. The number of carbonyl (C=O) groups excluding carboxylic acids is 1. The summed E-state index contributed by atoms with van der Waals surface area (Å²) in [5, 5.41) is 3.03. The SMILES string of the molecule is CC1CCN(CCCCNC(=O)CSc2nc3ccccc3s2)CC1. The van der Waals surface area contributed by atoms with Gasteiger partial charge in [0.25, 0.3) is 0 Å². The number of aromatic nitrogens is 1. The summed E-state index contributed by atoms with van der Waals surface area (Å²) in [4.78, 5) is 19.1. The molecule has 1 aliphatic heterocycles. The zero-order valence-electron chi connectivity index (χ0n) is 14.9. The van der Waals surface area contributed by atoms with Crippen LogP contribution in [0, 0.1) is 5.92 Å². The topological polar surface area (TPSA) is 45.2 Å². The van der Waals surface area contributed by atoms with Gasteiger partial charge in [0.15, 0.2) is 4.34 Å². The second-order valence-electron chi connectivity index (χ2n) is 6.82. The maximum Gasteiger partial charge on any atom is 0.230 e. The van der Waals surface area contributed by atoms with Crippen molar-refractivity contribution in [1.82, 2.24) is 15.2 Å². The fraction of sp³-hybridized carbons (Fsp3) is 0.579. The predicted octanol–water partition coefficient (Wildman–Crippen LogP) is 4.02. The van der Waals surface area contributed by atoms with E-state index in [-0.39, 0.29) is 5.91 Å². The number of rotatable bonds is 8. The van der Waals surface area contributed by atoms with Crippen LogP contribution in [-0.2, 0) is 4.79 Å². The highest BCUT2D eigenvalue weighted by molar-refractivity contribution is 8.01. The van der Waals surface area contributed by atoms with E-state index in [9.17, 15) is 4.79 Å².